The fourth-order valence-electron chi connectivity index (χ4n) is 1.32. The van der Waals surface area contributed by atoms with Crippen LogP contribution < -0.4 is 0 Å². The Bertz CT molecular complexity index is 332. The molecule has 0 radical (unpaired) electrons. The highest BCUT2D eigenvalue weighted by molar-refractivity contribution is 9.09. The SMILES string of the molecule is COCC(Br)CN(C)C(=O)c1cccnc1. The zero-order valence-electron chi connectivity index (χ0n) is 9.39. The lowest BCUT2D eigenvalue weighted by atomic mass is 10.2. The number of amides is 1. The normalized spacial score (nSPS) is 12.2. The number of ether oxygens (including phenoxy) is 1. The maximum Gasteiger partial charge on any atom is 0.255 e. The molecule has 1 aromatic heterocycles. The molecule has 1 heterocycles. The van der Waals surface area contributed by atoms with Gasteiger partial charge in [-0.15, -0.1) is 0 Å². The van der Waals surface area contributed by atoms with E-state index >= 15 is 0 Å². The molecule has 88 valence electrons. The molecule has 1 aromatic rings. The first kappa shape index (κ1) is 13.1. The highest BCUT2D eigenvalue weighted by Gasteiger charge is 2.14. The third-order valence-corrected chi connectivity index (χ3v) is 2.63. The third kappa shape index (κ3) is 3.90. The summed E-state index contributed by atoms with van der Waals surface area (Å²) in [5.74, 6) is -0.0337. The lowest BCUT2D eigenvalue weighted by Crippen LogP contribution is -2.33. The van der Waals surface area contributed by atoms with Gasteiger partial charge in [-0.2, -0.15) is 0 Å². The number of carbonyl (C=O) groups is 1. The molecule has 0 fully saturated rings. The van der Waals surface area contributed by atoms with Crippen molar-refractivity contribution in [3.05, 3.63) is 30.1 Å². The van der Waals surface area contributed by atoms with E-state index in [1.165, 1.54) is 0 Å². The van der Waals surface area contributed by atoms with Crippen molar-refractivity contribution in [3.8, 4) is 0 Å². The van der Waals surface area contributed by atoms with E-state index in [1.807, 2.05) is 0 Å². The van der Waals surface area contributed by atoms with Gasteiger partial charge in [0.2, 0.25) is 0 Å². The number of methoxy groups -OCH3 is 1. The summed E-state index contributed by atoms with van der Waals surface area (Å²) in [6, 6.07) is 3.51. The summed E-state index contributed by atoms with van der Waals surface area (Å²) >= 11 is 3.44. The summed E-state index contributed by atoms with van der Waals surface area (Å²) in [6.07, 6.45) is 3.22. The Morgan fingerprint density at radius 2 is 2.44 bits per heavy atom. The van der Waals surface area contributed by atoms with Crippen LogP contribution >= 0.6 is 15.9 Å². The molecule has 0 spiro atoms. The van der Waals surface area contributed by atoms with Crippen molar-refractivity contribution in [3.63, 3.8) is 0 Å². The summed E-state index contributed by atoms with van der Waals surface area (Å²) in [6.45, 7) is 1.17. The van der Waals surface area contributed by atoms with E-state index in [0.717, 1.165) is 0 Å². The van der Waals surface area contributed by atoms with Gasteiger partial charge in [0, 0.05) is 33.1 Å². The van der Waals surface area contributed by atoms with Crippen LogP contribution in [0.4, 0.5) is 0 Å². The van der Waals surface area contributed by atoms with Gasteiger partial charge < -0.3 is 9.64 Å². The number of pyridine rings is 1. The Kier molecular flexibility index (Phi) is 5.42. The van der Waals surface area contributed by atoms with Gasteiger partial charge in [-0.1, -0.05) is 15.9 Å². The van der Waals surface area contributed by atoms with Crippen LogP contribution in [-0.4, -0.2) is 47.9 Å². The minimum absolute atomic E-state index is 0.0337. The third-order valence-electron chi connectivity index (χ3n) is 2.07. The summed E-state index contributed by atoms with van der Waals surface area (Å²) in [5, 5.41) is 0. The molecule has 0 bridgehead atoms. The van der Waals surface area contributed by atoms with Crippen molar-refractivity contribution in [1.29, 1.82) is 0 Å². The van der Waals surface area contributed by atoms with Crippen LogP contribution in [0.2, 0.25) is 0 Å². The van der Waals surface area contributed by atoms with E-state index in [2.05, 4.69) is 20.9 Å². The first-order valence-electron chi connectivity index (χ1n) is 4.93. The summed E-state index contributed by atoms with van der Waals surface area (Å²) in [7, 11) is 3.40. The molecule has 1 atom stereocenters. The Labute approximate surface area is 104 Å². The zero-order valence-corrected chi connectivity index (χ0v) is 11.0. The van der Waals surface area contributed by atoms with Crippen LogP contribution in [0, 0.1) is 0 Å². The predicted octanol–water partition coefficient (Wildman–Crippen LogP) is 1.56. The molecule has 4 nitrogen and oxygen atoms in total. The van der Waals surface area contributed by atoms with Gasteiger partial charge in [-0.25, -0.2) is 0 Å². The summed E-state index contributed by atoms with van der Waals surface area (Å²) in [5.41, 5.74) is 0.599. The molecular weight excluding hydrogens is 272 g/mol. The molecule has 0 saturated heterocycles. The molecule has 16 heavy (non-hydrogen) atoms. The first-order valence-corrected chi connectivity index (χ1v) is 5.85. The fraction of sp³-hybridized carbons (Fsp3) is 0.455. The highest BCUT2D eigenvalue weighted by atomic mass is 79.9. The van der Waals surface area contributed by atoms with Crippen molar-refractivity contribution >= 4 is 21.8 Å². The van der Waals surface area contributed by atoms with E-state index in [9.17, 15) is 4.79 Å². The van der Waals surface area contributed by atoms with Crippen LogP contribution in [0.1, 0.15) is 10.4 Å². The second-order valence-electron chi connectivity index (χ2n) is 3.48. The second-order valence-corrected chi connectivity index (χ2v) is 4.77. The summed E-state index contributed by atoms with van der Waals surface area (Å²) < 4.78 is 4.99. The van der Waals surface area contributed by atoms with Crippen molar-refractivity contribution in [2.24, 2.45) is 0 Å². The number of carbonyl (C=O) groups excluding carboxylic acids is 1. The highest BCUT2D eigenvalue weighted by Crippen LogP contribution is 2.06. The minimum atomic E-state index is -0.0337. The van der Waals surface area contributed by atoms with Crippen LogP contribution in [-0.2, 0) is 4.74 Å². The smallest absolute Gasteiger partial charge is 0.255 e. The molecule has 1 unspecified atom stereocenters. The van der Waals surface area contributed by atoms with Crippen LogP contribution in [0.5, 0.6) is 0 Å². The van der Waals surface area contributed by atoms with Gasteiger partial charge >= 0.3 is 0 Å². The van der Waals surface area contributed by atoms with E-state index in [-0.39, 0.29) is 10.7 Å². The van der Waals surface area contributed by atoms with Crippen molar-refractivity contribution in [1.82, 2.24) is 9.88 Å². The van der Waals surface area contributed by atoms with Crippen molar-refractivity contribution < 1.29 is 9.53 Å². The van der Waals surface area contributed by atoms with Crippen molar-refractivity contribution in [2.75, 3.05) is 27.3 Å². The molecule has 0 aromatic carbocycles. The predicted molar refractivity (Wildman–Crippen MR) is 65.8 cm³/mol. The molecule has 0 saturated carbocycles. The van der Waals surface area contributed by atoms with Gasteiger partial charge in [-0.05, 0) is 12.1 Å². The fourth-order valence-corrected chi connectivity index (χ4v) is 2.02. The maximum atomic E-state index is 11.9. The van der Waals surface area contributed by atoms with E-state index in [1.54, 1.807) is 43.6 Å². The Morgan fingerprint density at radius 3 is 3.00 bits per heavy atom. The molecule has 0 aliphatic heterocycles. The van der Waals surface area contributed by atoms with E-state index in [4.69, 9.17) is 4.74 Å². The number of aromatic nitrogens is 1. The zero-order chi connectivity index (χ0) is 12.0. The lowest BCUT2D eigenvalue weighted by Gasteiger charge is -2.20. The second kappa shape index (κ2) is 6.60. The molecular formula is C11H15BrN2O2. The van der Waals surface area contributed by atoms with Gasteiger partial charge in [0.15, 0.2) is 0 Å². The molecule has 0 N–H and O–H groups in total. The largest absolute Gasteiger partial charge is 0.383 e. The van der Waals surface area contributed by atoms with E-state index < -0.39 is 0 Å². The quantitative estimate of drug-likeness (QED) is 0.772. The van der Waals surface area contributed by atoms with Gasteiger partial charge in [0.25, 0.3) is 5.91 Å². The van der Waals surface area contributed by atoms with Crippen molar-refractivity contribution in [2.45, 2.75) is 4.83 Å². The van der Waals surface area contributed by atoms with Crippen LogP contribution in [0.15, 0.2) is 24.5 Å². The lowest BCUT2D eigenvalue weighted by molar-refractivity contribution is 0.0784. The van der Waals surface area contributed by atoms with Gasteiger partial charge in [0.1, 0.15) is 0 Å². The van der Waals surface area contributed by atoms with Crippen LogP contribution in [0.3, 0.4) is 0 Å². The Morgan fingerprint density at radius 1 is 1.69 bits per heavy atom. The Balaban J connectivity index is 2.55. The average molecular weight is 287 g/mol. The van der Waals surface area contributed by atoms with Gasteiger partial charge in [0.05, 0.1) is 17.0 Å². The van der Waals surface area contributed by atoms with Gasteiger partial charge in [-0.3, -0.25) is 9.78 Å². The standard InChI is InChI=1S/C11H15BrN2O2/c1-14(7-10(12)8-16-2)11(15)9-4-3-5-13-6-9/h3-6,10H,7-8H2,1-2H3. The number of hydrogen-bond acceptors (Lipinski definition) is 3. The number of hydrogen-bond donors (Lipinski definition) is 0. The van der Waals surface area contributed by atoms with E-state index in [0.29, 0.717) is 18.7 Å². The molecule has 0 aliphatic rings. The number of nitrogens with zero attached hydrogens (tertiary/aromatic N) is 2. The monoisotopic (exact) mass is 286 g/mol. The topological polar surface area (TPSA) is 42.4 Å². The molecule has 0 aliphatic carbocycles. The van der Waals surface area contributed by atoms with Crippen LogP contribution in [0.25, 0.3) is 0 Å². The number of halogens is 1. The Hall–Kier alpha value is -0.940. The number of rotatable bonds is 5. The average Bonchev–Trinajstić information content (AvgIpc) is 2.29. The molecule has 1 amide bonds. The minimum Gasteiger partial charge on any atom is -0.383 e. The maximum absolute atomic E-state index is 11.9. The first-order chi connectivity index (χ1) is 7.65. The summed E-state index contributed by atoms with van der Waals surface area (Å²) in [4.78, 5) is 17.6. The number of alkyl halides is 1. The molecule has 1 rings (SSSR count). The molecule has 5 heteroatoms.